The van der Waals surface area contributed by atoms with Crippen molar-refractivity contribution in [2.75, 3.05) is 6.61 Å². The highest BCUT2D eigenvalue weighted by Crippen LogP contribution is 2.40. The van der Waals surface area contributed by atoms with Crippen LogP contribution in [0.15, 0.2) is 53.9 Å². The zero-order chi connectivity index (χ0) is 25.2. The molecule has 1 aromatic carbocycles. The van der Waals surface area contributed by atoms with Gasteiger partial charge < -0.3 is 24.3 Å². The third kappa shape index (κ3) is 5.84. The lowest BCUT2D eigenvalue weighted by Crippen LogP contribution is -2.31. The number of ether oxygens (including phenoxy) is 1. The second-order valence-electron chi connectivity index (χ2n) is 9.90. The van der Waals surface area contributed by atoms with Gasteiger partial charge in [0.1, 0.15) is 5.75 Å². The van der Waals surface area contributed by atoms with Crippen molar-refractivity contribution >= 4 is 12.0 Å². The molecule has 1 unspecified atom stereocenters. The first-order valence-electron chi connectivity index (χ1n) is 12.4. The molecule has 2 aromatic heterocycles. The van der Waals surface area contributed by atoms with Crippen LogP contribution in [0.3, 0.4) is 0 Å². The number of carboxylic acid groups (broad SMARTS) is 1. The quantitative estimate of drug-likeness (QED) is 0.475. The molecule has 9 heteroatoms. The van der Waals surface area contributed by atoms with Crippen molar-refractivity contribution in [1.82, 2.24) is 19.4 Å². The molecule has 2 N–H and O–H groups in total. The SMILES string of the molecule is Cc1ccnc(C(NC(=O)c2cc(Cn3ccn(C)c3=NC(=O)O)cc(OCC3CC3)c2)C2CC2)c1. The average molecular weight is 490 g/mol. The summed E-state index contributed by atoms with van der Waals surface area (Å²) < 4.78 is 9.42. The molecule has 2 aliphatic carbocycles. The second kappa shape index (κ2) is 10.0. The Morgan fingerprint density at radius 2 is 2.00 bits per heavy atom. The number of nitrogens with zero attached hydrogens (tertiary/aromatic N) is 4. The molecule has 0 bridgehead atoms. The summed E-state index contributed by atoms with van der Waals surface area (Å²) in [6.45, 7) is 3.00. The highest BCUT2D eigenvalue weighted by molar-refractivity contribution is 5.95. The zero-order valence-electron chi connectivity index (χ0n) is 20.6. The molecule has 2 aliphatic rings. The predicted molar refractivity (Wildman–Crippen MR) is 133 cm³/mol. The third-order valence-electron chi connectivity index (χ3n) is 6.64. The molecule has 0 saturated heterocycles. The van der Waals surface area contributed by atoms with Crippen LogP contribution in [0.5, 0.6) is 5.75 Å². The van der Waals surface area contributed by atoms with Crippen LogP contribution in [0, 0.1) is 18.8 Å². The van der Waals surface area contributed by atoms with Crippen molar-refractivity contribution in [3.05, 3.63) is 76.9 Å². The standard InChI is InChI=1S/C27H31N5O4/c1-17-7-8-28-23(11-17)24(20-5-6-20)29-25(33)21-12-19(13-22(14-21)36-16-18-3-4-18)15-32-10-9-31(2)26(32)30-27(34)35/h7-14,18,20,24H,3-6,15-16H2,1-2H3,(H,29,33)(H,34,35). The highest BCUT2D eigenvalue weighted by atomic mass is 16.5. The number of carbonyl (C=O) groups excluding carboxylic acids is 1. The molecule has 2 amide bonds. The molecule has 188 valence electrons. The van der Waals surface area contributed by atoms with E-state index in [0.717, 1.165) is 29.7 Å². The van der Waals surface area contributed by atoms with Crippen LogP contribution in [-0.2, 0) is 13.6 Å². The van der Waals surface area contributed by atoms with E-state index in [2.05, 4.69) is 15.3 Å². The van der Waals surface area contributed by atoms with Gasteiger partial charge in [0.2, 0.25) is 5.62 Å². The van der Waals surface area contributed by atoms with Crippen molar-refractivity contribution in [3.8, 4) is 5.75 Å². The molecule has 1 atom stereocenters. The maximum absolute atomic E-state index is 13.5. The summed E-state index contributed by atoms with van der Waals surface area (Å²) >= 11 is 0. The van der Waals surface area contributed by atoms with Gasteiger partial charge in [0.05, 0.1) is 24.9 Å². The third-order valence-corrected chi connectivity index (χ3v) is 6.64. The minimum Gasteiger partial charge on any atom is -0.493 e. The second-order valence-corrected chi connectivity index (χ2v) is 9.90. The monoisotopic (exact) mass is 489 g/mol. The molecule has 5 rings (SSSR count). The Kier molecular flexibility index (Phi) is 6.63. The zero-order valence-corrected chi connectivity index (χ0v) is 20.6. The fraction of sp³-hybridized carbons (Fsp3) is 0.407. The number of rotatable bonds is 9. The summed E-state index contributed by atoms with van der Waals surface area (Å²) in [5.41, 5.74) is 3.62. The first-order chi connectivity index (χ1) is 17.4. The smallest absolute Gasteiger partial charge is 0.434 e. The molecular weight excluding hydrogens is 458 g/mol. The number of hydrogen-bond donors (Lipinski definition) is 2. The largest absolute Gasteiger partial charge is 0.493 e. The highest BCUT2D eigenvalue weighted by Gasteiger charge is 2.34. The molecule has 0 aliphatic heterocycles. The van der Waals surface area contributed by atoms with Crippen LogP contribution in [0.1, 0.15) is 58.9 Å². The van der Waals surface area contributed by atoms with Gasteiger partial charge in [-0.3, -0.25) is 9.78 Å². The van der Waals surface area contributed by atoms with Crippen molar-refractivity contribution in [2.24, 2.45) is 23.9 Å². The van der Waals surface area contributed by atoms with E-state index in [0.29, 0.717) is 41.9 Å². The van der Waals surface area contributed by atoms with Crippen LogP contribution in [0.25, 0.3) is 0 Å². The summed E-state index contributed by atoms with van der Waals surface area (Å²) in [5, 5.41) is 12.4. The fourth-order valence-electron chi connectivity index (χ4n) is 4.35. The fourth-order valence-corrected chi connectivity index (χ4v) is 4.35. The molecule has 2 saturated carbocycles. The van der Waals surface area contributed by atoms with E-state index in [1.165, 1.54) is 12.8 Å². The topological polar surface area (TPSA) is 111 Å². The Balaban J connectivity index is 1.43. The number of aryl methyl sites for hydroxylation is 2. The van der Waals surface area contributed by atoms with Crippen LogP contribution in [0.2, 0.25) is 0 Å². The maximum atomic E-state index is 13.5. The van der Waals surface area contributed by atoms with Crippen LogP contribution >= 0.6 is 0 Å². The number of benzene rings is 1. The van der Waals surface area contributed by atoms with Gasteiger partial charge in [-0.15, -0.1) is 4.99 Å². The van der Waals surface area contributed by atoms with Gasteiger partial charge in [0.15, 0.2) is 0 Å². The molecule has 0 radical (unpaired) electrons. The van der Waals surface area contributed by atoms with Crippen LogP contribution in [0.4, 0.5) is 4.79 Å². The number of imidazole rings is 1. The van der Waals surface area contributed by atoms with E-state index in [-0.39, 0.29) is 11.9 Å². The number of hydrogen-bond acceptors (Lipinski definition) is 4. The summed E-state index contributed by atoms with van der Waals surface area (Å²) in [6, 6.07) is 9.37. The Morgan fingerprint density at radius 3 is 2.69 bits per heavy atom. The van der Waals surface area contributed by atoms with Gasteiger partial charge >= 0.3 is 6.09 Å². The Labute approximate surface area is 209 Å². The van der Waals surface area contributed by atoms with Gasteiger partial charge in [-0.25, -0.2) is 4.79 Å². The van der Waals surface area contributed by atoms with Gasteiger partial charge in [-0.2, -0.15) is 0 Å². The lowest BCUT2D eigenvalue weighted by Gasteiger charge is -2.19. The van der Waals surface area contributed by atoms with Crippen molar-refractivity contribution < 1.29 is 19.4 Å². The molecule has 2 fully saturated rings. The number of carbonyl (C=O) groups is 2. The number of nitrogens with one attached hydrogen (secondary N) is 1. The lowest BCUT2D eigenvalue weighted by atomic mass is 10.0. The van der Waals surface area contributed by atoms with Gasteiger partial charge in [-0.05, 0) is 85.9 Å². The first kappa shape index (κ1) is 23.8. The summed E-state index contributed by atoms with van der Waals surface area (Å²) in [7, 11) is 1.74. The van der Waals surface area contributed by atoms with E-state index >= 15 is 0 Å². The minimum atomic E-state index is -1.26. The van der Waals surface area contributed by atoms with Crippen molar-refractivity contribution in [3.63, 3.8) is 0 Å². The minimum absolute atomic E-state index is 0.138. The summed E-state index contributed by atoms with van der Waals surface area (Å²) in [6.07, 6.45) is 8.51. The molecule has 36 heavy (non-hydrogen) atoms. The van der Waals surface area contributed by atoms with Gasteiger partial charge in [0.25, 0.3) is 5.91 Å². The van der Waals surface area contributed by atoms with Crippen LogP contribution < -0.4 is 15.7 Å². The Morgan fingerprint density at radius 1 is 1.19 bits per heavy atom. The summed E-state index contributed by atoms with van der Waals surface area (Å²) in [5.74, 6) is 1.41. The molecule has 0 spiro atoms. The number of pyridine rings is 1. The number of aromatic nitrogens is 3. The average Bonchev–Trinajstić information content (AvgIpc) is 3.77. The molecular formula is C27H31N5O4. The van der Waals surface area contributed by atoms with E-state index < -0.39 is 6.09 Å². The van der Waals surface area contributed by atoms with Crippen LogP contribution in [-0.4, -0.2) is 37.8 Å². The first-order valence-corrected chi connectivity index (χ1v) is 12.4. The van der Waals surface area contributed by atoms with E-state index in [9.17, 15) is 9.59 Å². The van der Waals surface area contributed by atoms with E-state index in [1.807, 2.05) is 31.2 Å². The van der Waals surface area contributed by atoms with Gasteiger partial charge in [-0.1, -0.05) is 0 Å². The summed E-state index contributed by atoms with van der Waals surface area (Å²) in [4.78, 5) is 32.9. The van der Waals surface area contributed by atoms with Crippen molar-refractivity contribution in [1.29, 1.82) is 0 Å². The Bertz CT molecular complexity index is 1350. The molecule has 9 nitrogen and oxygen atoms in total. The Hall–Kier alpha value is -3.88. The van der Waals surface area contributed by atoms with Gasteiger partial charge in [0, 0.05) is 31.2 Å². The predicted octanol–water partition coefficient (Wildman–Crippen LogP) is 3.83. The maximum Gasteiger partial charge on any atom is 0.434 e. The normalized spacial score (nSPS) is 16.6. The molecule has 3 aromatic rings. The van der Waals surface area contributed by atoms with E-state index in [1.54, 1.807) is 40.8 Å². The lowest BCUT2D eigenvalue weighted by molar-refractivity contribution is 0.0930. The molecule has 2 heterocycles. The van der Waals surface area contributed by atoms with E-state index in [4.69, 9.17) is 9.84 Å². The van der Waals surface area contributed by atoms with Crippen molar-refractivity contribution in [2.45, 2.75) is 45.2 Å². The number of amides is 2.